The molecule has 1 aliphatic heterocycles. The molecule has 0 radical (unpaired) electrons. The van der Waals surface area contributed by atoms with Crippen molar-refractivity contribution in [3.05, 3.63) is 0 Å². The quantitative estimate of drug-likeness (QED) is 0.744. The smallest absolute Gasteiger partial charge is 0.222 e. The molecule has 0 saturated carbocycles. The lowest BCUT2D eigenvalue weighted by molar-refractivity contribution is -0.132. The van der Waals surface area contributed by atoms with Crippen molar-refractivity contribution in [1.82, 2.24) is 4.90 Å². The molecule has 14 heavy (non-hydrogen) atoms. The third-order valence-corrected chi connectivity index (χ3v) is 3.10. The van der Waals surface area contributed by atoms with Gasteiger partial charge in [-0.3, -0.25) is 4.79 Å². The molecule has 0 bridgehead atoms. The van der Waals surface area contributed by atoms with Crippen molar-refractivity contribution < 1.29 is 4.79 Å². The first-order valence-corrected chi connectivity index (χ1v) is 5.68. The molecule has 1 heterocycles. The van der Waals surface area contributed by atoms with E-state index in [0.717, 1.165) is 32.4 Å². The number of hydrogen-bond donors (Lipinski definition) is 1. The van der Waals surface area contributed by atoms with Crippen molar-refractivity contribution in [3.8, 4) is 0 Å². The second-order valence-corrected chi connectivity index (χ2v) is 4.33. The third-order valence-electron chi connectivity index (χ3n) is 3.10. The highest BCUT2D eigenvalue weighted by atomic mass is 16.2. The summed E-state index contributed by atoms with van der Waals surface area (Å²) in [6.07, 6.45) is 3.80. The maximum Gasteiger partial charge on any atom is 0.222 e. The standard InChI is InChI=1S/C11H22N2O/c1-3-4-11(14)13-7-5-10(6-8-13)9(2)12/h9-10H,3-8,12H2,1-2H3/t9-/m0/s1. The van der Waals surface area contributed by atoms with Crippen molar-refractivity contribution in [2.45, 2.75) is 45.6 Å². The maximum absolute atomic E-state index is 11.6. The highest BCUT2D eigenvalue weighted by Crippen LogP contribution is 2.20. The Morgan fingerprint density at radius 2 is 2.07 bits per heavy atom. The molecule has 1 fully saturated rings. The van der Waals surface area contributed by atoms with E-state index in [-0.39, 0.29) is 6.04 Å². The van der Waals surface area contributed by atoms with Crippen LogP contribution in [-0.4, -0.2) is 29.9 Å². The Morgan fingerprint density at radius 3 is 2.50 bits per heavy atom. The van der Waals surface area contributed by atoms with Crippen LogP contribution >= 0.6 is 0 Å². The van der Waals surface area contributed by atoms with Gasteiger partial charge in [-0.25, -0.2) is 0 Å². The average molecular weight is 198 g/mol. The highest BCUT2D eigenvalue weighted by molar-refractivity contribution is 5.76. The molecule has 1 aliphatic rings. The zero-order valence-corrected chi connectivity index (χ0v) is 9.33. The minimum absolute atomic E-state index is 0.276. The Bertz CT molecular complexity index is 184. The summed E-state index contributed by atoms with van der Waals surface area (Å²) < 4.78 is 0. The van der Waals surface area contributed by atoms with Crippen LogP contribution in [0.3, 0.4) is 0 Å². The molecule has 3 nitrogen and oxygen atoms in total. The molecule has 1 atom stereocenters. The van der Waals surface area contributed by atoms with Gasteiger partial charge >= 0.3 is 0 Å². The van der Waals surface area contributed by atoms with E-state index >= 15 is 0 Å². The molecule has 2 N–H and O–H groups in total. The summed E-state index contributed by atoms with van der Waals surface area (Å²) >= 11 is 0. The summed E-state index contributed by atoms with van der Waals surface area (Å²) in [5, 5.41) is 0. The van der Waals surface area contributed by atoms with Gasteiger partial charge in [-0.1, -0.05) is 6.92 Å². The summed E-state index contributed by atoms with van der Waals surface area (Å²) in [6.45, 7) is 5.93. The van der Waals surface area contributed by atoms with Crippen LogP contribution in [0.2, 0.25) is 0 Å². The van der Waals surface area contributed by atoms with Gasteiger partial charge in [0.2, 0.25) is 5.91 Å². The van der Waals surface area contributed by atoms with Crippen molar-refractivity contribution in [2.24, 2.45) is 11.7 Å². The monoisotopic (exact) mass is 198 g/mol. The van der Waals surface area contributed by atoms with Crippen LogP contribution in [0.15, 0.2) is 0 Å². The normalized spacial score (nSPS) is 20.9. The Hall–Kier alpha value is -0.570. The van der Waals surface area contributed by atoms with Crippen molar-refractivity contribution in [1.29, 1.82) is 0 Å². The molecule has 0 spiro atoms. The Labute approximate surface area is 86.6 Å². The fourth-order valence-corrected chi connectivity index (χ4v) is 2.05. The minimum atomic E-state index is 0.276. The van der Waals surface area contributed by atoms with E-state index in [1.54, 1.807) is 0 Å². The number of likely N-dealkylation sites (tertiary alicyclic amines) is 1. The van der Waals surface area contributed by atoms with Gasteiger partial charge in [0.1, 0.15) is 0 Å². The number of carbonyl (C=O) groups is 1. The summed E-state index contributed by atoms with van der Waals surface area (Å²) in [5.74, 6) is 0.927. The van der Waals surface area contributed by atoms with Crippen molar-refractivity contribution in [2.75, 3.05) is 13.1 Å². The number of nitrogens with zero attached hydrogens (tertiary/aromatic N) is 1. The zero-order chi connectivity index (χ0) is 10.6. The number of rotatable bonds is 3. The van der Waals surface area contributed by atoms with E-state index in [2.05, 4.69) is 6.92 Å². The Balaban J connectivity index is 2.31. The molecule has 0 unspecified atom stereocenters. The van der Waals surface area contributed by atoms with E-state index in [1.165, 1.54) is 0 Å². The van der Waals surface area contributed by atoms with E-state index in [4.69, 9.17) is 5.73 Å². The molecule has 0 aliphatic carbocycles. The van der Waals surface area contributed by atoms with E-state index < -0.39 is 0 Å². The SMILES string of the molecule is CCCC(=O)N1CCC([C@H](C)N)CC1. The lowest BCUT2D eigenvalue weighted by Gasteiger charge is -2.33. The fraction of sp³-hybridized carbons (Fsp3) is 0.909. The van der Waals surface area contributed by atoms with Crippen LogP contribution in [0.5, 0.6) is 0 Å². The molecule has 1 saturated heterocycles. The molecule has 1 rings (SSSR count). The van der Waals surface area contributed by atoms with Crippen molar-refractivity contribution in [3.63, 3.8) is 0 Å². The first kappa shape index (κ1) is 11.5. The van der Waals surface area contributed by atoms with Crippen LogP contribution in [0.4, 0.5) is 0 Å². The van der Waals surface area contributed by atoms with Gasteiger partial charge in [0.25, 0.3) is 0 Å². The molecule has 0 aromatic heterocycles. The molecule has 82 valence electrons. The highest BCUT2D eigenvalue weighted by Gasteiger charge is 2.23. The van der Waals surface area contributed by atoms with Gasteiger partial charge in [-0.15, -0.1) is 0 Å². The lowest BCUT2D eigenvalue weighted by Crippen LogP contribution is -2.42. The first-order valence-electron chi connectivity index (χ1n) is 5.68. The number of hydrogen-bond acceptors (Lipinski definition) is 2. The fourth-order valence-electron chi connectivity index (χ4n) is 2.05. The minimum Gasteiger partial charge on any atom is -0.343 e. The molecular weight excluding hydrogens is 176 g/mol. The predicted octanol–water partition coefficient (Wildman–Crippen LogP) is 1.37. The van der Waals surface area contributed by atoms with Gasteiger partial charge in [0.15, 0.2) is 0 Å². The molecule has 0 aromatic rings. The van der Waals surface area contributed by atoms with Crippen LogP contribution < -0.4 is 5.73 Å². The van der Waals surface area contributed by atoms with Crippen LogP contribution in [0, 0.1) is 5.92 Å². The molecule has 1 amide bonds. The number of amides is 1. The number of carbonyl (C=O) groups excluding carboxylic acids is 1. The van der Waals surface area contributed by atoms with E-state index in [9.17, 15) is 4.79 Å². The Morgan fingerprint density at radius 1 is 1.50 bits per heavy atom. The summed E-state index contributed by atoms with van der Waals surface area (Å²) in [6, 6.07) is 0.276. The largest absolute Gasteiger partial charge is 0.343 e. The zero-order valence-electron chi connectivity index (χ0n) is 9.33. The van der Waals surface area contributed by atoms with Gasteiger partial charge in [0.05, 0.1) is 0 Å². The van der Waals surface area contributed by atoms with Gasteiger partial charge in [0, 0.05) is 25.6 Å². The van der Waals surface area contributed by atoms with Crippen LogP contribution in [0.1, 0.15) is 39.5 Å². The number of piperidine rings is 1. The summed E-state index contributed by atoms with van der Waals surface area (Å²) in [4.78, 5) is 13.6. The Kier molecular flexibility index (Phi) is 4.39. The topological polar surface area (TPSA) is 46.3 Å². The molecular formula is C11H22N2O. The second kappa shape index (κ2) is 5.35. The van der Waals surface area contributed by atoms with Crippen LogP contribution in [-0.2, 0) is 4.79 Å². The maximum atomic E-state index is 11.6. The second-order valence-electron chi connectivity index (χ2n) is 4.33. The first-order chi connectivity index (χ1) is 6.65. The predicted molar refractivity (Wildman–Crippen MR) is 57.9 cm³/mol. The van der Waals surface area contributed by atoms with Gasteiger partial charge < -0.3 is 10.6 Å². The lowest BCUT2D eigenvalue weighted by atomic mass is 9.91. The summed E-state index contributed by atoms with van der Waals surface area (Å²) in [7, 11) is 0. The van der Waals surface area contributed by atoms with E-state index in [0.29, 0.717) is 18.2 Å². The van der Waals surface area contributed by atoms with E-state index in [1.807, 2.05) is 11.8 Å². The van der Waals surface area contributed by atoms with Crippen molar-refractivity contribution >= 4 is 5.91 Å². The number of nitrogens with two attached hydrogens (primary N) is 1. The van der Waals surface area contributed by atoms with Gasteiger partial charge in [-0.2, -0.15) is 0 Å². The summed E-state index contributed by atoms with van der Waals surface area (Å²) in [5.41, 5.74) is 5.84. The average Bonchev–Trinajstić information content (AvgIpc) is 2.18. The molecule has 0 aromatic carbocycles. The molecule has 3 heteroatoms. The van der Waals surface area contributed by atoms with Crippen LogP contribution in [0.25, 0.3) is 0 Å². The van der Waals surface area contributed by atoms with Gasteiger partial charge in [-0.05, 0) is 32.1 Å². The third kappa shape index (κ3) is 2.98.